The van der Waals surface area contributed by atoms with Gasteiger partial charge in [-0.15, -0.1) is 0 Å². The van der Waals surface area contributed by atoms with Crippen LogP contribution in [0.25, 0.3) is 5.57 Å². The molecule has 2 amide bonds. The van der Waals surface area contributed by atoms with Crippen LogP contribution >= 0.6 is 0 Å². The zero-order valence-electron chi connectivity index (χ0n) is 14.3. The van der Waals surface area contributed by atoms with E-state index in [0.717, 1.165) is 36.2 Å². The van der Waals surface area contributed by atoms with Crippen LogP contribution in [0.3, 0.4) is 0 Å². The molecule has 4 nitrogen and oxygen atoms in total. The normalized spacial score (nSPS) is 22.3. The molecular formula is C19H24N2O2. The summed E-state index contributed by atoms with van der Waals surface area (Å²) < 4.78 is 0. The van der Waals surface area contributed by atoms with Crippen LogP contribution < -0.4 is 0 Å². The molecule has 0 N–H and O–H groups in total. The highest BCUT2D eigenvalue weighted by Gasteiger charge is 2.40. The van der Waals surface area contributed by atoms with Crippen molar-refractivity contribution in [3.8, 4) is 0 Å². The van der Waals surface area contributed by atoms with Crippen LogP contribution in [-0.2, 0) is 9.59 Å². The number of hydrogen-bond acceptors (Lipinski definition) is 3. The fourth-order valence-corrected chi connectivity index (χ4v) is 3.65. The Balaban J connectivity index is 2.14. The molecule has 0 radical (unpaired) electrons. The molecule has 1 atom stereocenters. The summed E-state index contributed by atoms with van der Waals surface area (Å²) in [5, 5.41) is 0. The van der Waals surface area contributed by atoms with Gasteiger partial charge in [-0.3, -0.25) is 14.5 Å². The number of piperidine rings is 1. The van der Waals surface area contributed by atoms with Crippen LogP contribution in [0.2, 0.25) is 0 Å². The Hall–Kier alpha value is -2.10. The molecule has 1 aromatic rings. The van der Waals surface area contributed by atoms with Gasteiger partial charge >= 0.3 is 0 Å². The minimum Gasteiger partial charge on any atom is -0.366 e. The standard InChI is InChI=1S/C19H24N2O2/c1-12-7-8-15(14(3)10-12)16-17(19(23)20(4)18(16)22)21-9-5-6-13(2)11-21/h7-8,10,13H,5-6,9,11H2,1-4H3. The maximum absolute atomic E-state index is 12.7. The van der Waals surface area contributed by atoms with E-state index in [9.17, 15) is 9.59 Å². The summed E-state index contributed by atoms with van der Waals surface area (Å²) in [5.41, 5.74) is 4.25. The number of carbonyl (C=O) groups excluding carboxylic acids is 2. The highest BCUT2D eigenvalue weighted by Crippen LogP contribution is 2.34. The molecule has 0 aromatic heterocycles. The fourth-order valence-electron chi connectivity index (χ4n) is 3.65. The molecule has 0 spiro atoms. The van der Waals surface area contributed by atoms with Gasteiger partial charge in [0.1, 0.15) is 5.70 Å². The van der Waals surface area contributed by atoms with Crippen molar-refractivity contribution in [3.05, 3.63) is 40.6 Å². The first-order valence-electron chi connectivity index (χ1n) is 8.29. The monoisotopic (exact) mass is 312 g/mol. The first-order valence-corrected chi connectivity index (χ1v) is 8.29. The highest BCUT2D eigenvalue weighted by molar-refractivity contribution is 6.35. The number of likely N-dealkylation sites (tertiary alicyclic amines) is 1. The maximum Gasteiger partial charge on any atom is 0.277 e. The van der Waals surface area contributed by atoms with E-state index in [1.807, 2.05) is 26.0 Å². The lowest BCUT2D eigenvalue weighted by molar-refractivity contribution is -0.136. The molecule has 2 aliphatic heterocycles. The number of hydrogen-bond donors (Lipinski definition) is 0. The average molecular weight is 312 g/mol. The zero-order valence-corrected chi connectivity index (χ0v) is 14.3. The summed E-state index contributed by atoms with van der Waals surface area (Å²) in [7, 11) is 1.58. The molecule has 2 aliphatic rings. The van der Waals surface area contributed by atoms with Gasteiger partial charge in [0.05, 0.1) is 5.57 Å². The molecule has 0 bridgehead atoms. The summed E-state index contributed by atoms with van der Waals surface area (Å²) >= 11 is 0. The Morgan fingerprint density at radius 1 is 1.13 bits per heavy atom. The van der Waals surface area contributed by atoms with Gasteiger partial charge in [0, 0.05) is 20.1 Å². The van der Waals surface area contributed by atoms with Gasteiger partial charge < -0.3 is 4.90 Å². The van der Waals surface area contributed by atoms with E-state index in [1.54, 1.807) is 7.05 Å². The number of carbonyl (C=O) groups is 2. The molecule has 0 saturated carbocycles. The average Bonchev–Trinajstić information content (AvgIpc) is 2.72. The topological polar surface area (TPSA) is 40.6 Å². The number of benzene rings is 1. The molecule has 122 valence electrons. The predicted octanol–water partition coefficient (Wildman–Crippen LogP) is 2.75. The molecule has 0 aliphatic carbocycles. The summed E-state index contributed by atoms with van der Waals surface area (Å²) in [5.74, 6) is 0.194. The van der Waals surface area contributed by atoms with Crippen molar-refractivity contribution in [3.63, 3.8) is 0 Å². The van der Waals surface area contributed by atoms with Crippen LogP contribution in [0.15, 0.2) is 23.9 Å². The SMILES string of the molecule is Cc1ccc(C2=C(N3CCCC(C)C3)C(=O)N(C)C2=O)c(C)c1. The van der Waals surface area contributed by atoms with E-state index in [1.165, 1.54) is 11.3 Å². The van der Waals surface area contributed by atoms with Gasteiger partial charge in [-0.1, -0.05) is 30.7 Å². The lowest BCUT2D eigenvalue weighted by Crippen LogP contribution is -2.38. The van der Waals surface area contributed by atoms with Gasteiger partial charge in [0.25, 0.3) is 11.8 Å². The molecule has 4 heteroatoms. The van der Waals surface area contributed by atoms with E-state index in [-0.39, 0.29) is 11.8 Å². The van der Waals surface area contributed by atoms with Gasteiger partial charge in [-0.25, -0.2) is 0 Å². The number of rotatable bonds is 2. The van der Waals surface area contributed by atoms with E-state index >= 15 is 0 Å². The molecule has 1 fully saturated rings. The van der Waals surface area contributed by atoms with Gasteiger partial charge in [0.2, 0.25) is 0 Å². The molecule has 1 unspecified atom stereocenters. The van der Waals surface area contributed by atoms with E-state index in [0.29, 0.717) is 17.2 Å². The minimum atomic E-state index is -0.185. The molecule has 23 heavy (non-hydrogen) atoms. The third-order valence-corrected chi connectivity index (χ3v) is 4.89. The smallest absolute Gasteiger partial charge is 0.277 e. The van der Waals surface area contributed by atoms with E-state index in [4.69, 9.17) is 0 Å². The van der Waals surface area contributed by atoms with Crippen LogP contribution in [0, 0.1) is 19.8 Å². The third kappa shape index (κ3) is 2.67. The number of nitrogens with zero attached hydrogens (tertiary/aromatic N) is 2. The minimum absolute atomic E-state index is 0.168. The van der Waals surface area contributed by atoms with Crippen molar-refractivity contribution in [2.45, 2.75) is 33.6 Å². The van der Waals surface area contributed by atoms with Crippen LogP contribution in [0.1, 0.15) is 36.5 Å². The molecule has 1 saturated heterocycles. The lowest BCUT2D eigenvalue weighted by Gasteiger charge is -2.33. The van der Waals surface area contributed by atoms with Crippen LogP contribution in [0.4, 0.5) is 0 Å². The second-order valence-corrected chi connectivity index (χ2v) is 6.90. The molecule has 2 heterocycles. The Morgan fingerprint density at radius 2 is 1.87 bits per heavy atom. The fraction of sp³-hybridized carbons (Fsp3) is 0.474. The van der Waals surface area contributed by atoms with Crippen LogP contribution in [0.5, 0.6) is 0 Å². The largest absolute Gasteiger partial charge is 0.366 e. The summed E-state index contributed by atoms with van der Waals surface area (Å²) in [4.78, 5) is 28.8. The number of aryl methyl sites for hydroxylation is 2. The van der Waals surface area contributed by atoms with Crippen molar-refractivity contribution in [2.24, 2.45) is 5.92 Å². The third-order valence-electron chi connectivity index (χ3n) is 4.89. The van der Waals surface area contributed by atoms with Crippen molar-refractivity contribution >= 4 is 17.4 Å². The van der Waals surface area contributed by atoms with Gasteiger partial charge in [-0.2, -0.15) is 0 Å². The summed E-state index contributed by atoms with van der Waals surface area (Å²) in [6.45, 7) is 7.93. The maximum atomic E-state index is 12.7. The number of imide groups is 1. The number of amides is 2. The lowest BCUT2D eigenvalue weighted by atomic mass is 9.95. The van der Waals surface area contributed by atoms with Gasteiger partial charge in [-0.05, 0) is 43.7 Å². The van der Waals surface area contributed by atoms with Crippen molar-refractivity contribution in [2.75, 3.05) is 20.1 Å². The van der Waals surface area contributed by atoms with Gasteiger partial charge in [0.15, 0.2) is 0 Å². The van der Waals surface area contributed by atoms with Crippen molar-refractivity contribution in [1.82, 2.24) is 9.80 Å². The highest BCUT2D eigenvalue weighted by atomic mass is 16.2. The Labute approximate surface area is 137 Å². The predicted molar refractivity (Wildman–Crippen MR) is 90.6 cm³/mol. The Morgan fingerprint density at radius 3 is 2.52 bits per heavy atom. The van der Waals surface area contributed by atoms with E-state index < -0.39 is 0 Å². The zero-order chi connectivity index (χ0) is 16.7. The number of likely N-dealkylation sites (N-methyl/N-ethyl adjacent to an activating group) is 1. The Bertz CT molecular complexity index is 705. The van der Waals surface area contributed by atoms with Crippen molar-refractivity contribution in [1.29, 1.82) is 0 Å². The quantitative estimate of drug-likeness (QED) is 0.789. The van der Waals surface area contributed by atoms with Crippen LogP contribution in [-0.4, -0.2) is 41.8 Å². The second-order valence-electron chi connectivity index (χ2n) is 6.90. The first-order chi connectivity index (χ1) is 10.9. The second kappa shape index (κ2) is 5.84. The molecular weight excluding hydrogens is 288 g/mol. The Kier molecular flexibility index (Phi) is 4.00. The summed E-state index contributed by atoms with van der Waals surface area (Å²) in [6, 6.07) is 6.04. The first kappa shape index (κ1) is 15.8. The molecule has 3 rings (SSSR count). The van der Waals surface area contributed by atoms with Crippen molar-refractivity contribution < 1.29 is 9.59 Å². The molecule has 1 aromatic carbocycles. The summed E-state index contributed by atoms with van der Waals surface area (Å²) in [6.07, 6.45) is 2.25. The van der Waals surface area contributed by atoms with E-state index in [2.05, 4.69) is 17.9 Å².